The summed E-state index contributed by atoms with van der Waals surface area (Å²) in [5, 5.41) is 0. The van der Waals surface area contributed by atoms with E-state index in [0.29, 0.717) is 0 Å². The van der Waals surface area contributed by atoms with Crippen molar-refractivity contribution < 1.29 is 14.1 Å². The number of hydrogen-bond acceptors (Lipinski definition) is 3. The van der Waals surface area contributed by atoms with Crippen LogP contribution in [0.5, 0.6) is 0 Å². The summed E-state index contributed by atoms with van der Waals surface area (Å²) in [7, 11) is -3.37. The molecule has 1 aromatic rings. The summed E-state index contributed by atoms with van der Waals surface area (Å²) in [6.45, 7) is 4.64. The molecule has 0 fully saturated rings. The zero-order chi connectivity index (χ0) is 11.0. The van der Waals surface area contributed by atoms with Crippen molar-refractivity contribution in [2.24, 2.45) is 5.90 Å². The summed E-state index contributed by atoms with van der Waals surface area (Å²) in [4.78, 5) is 8.03. The summed E-state index contributed by atoms with van der Waals surface area (Å²) >= 11 is 0. The van der Waals surface area contributed by atoms with E-state index in [0.717, 1.165) is 6.66 Å². The van der Waals surface area contributed by atoms with E-state index in [1.165, 1.54) is 5.56 Å². The topological polar surface area (TPSA) is 72.5 Å². The SMILES string of the molecule is C=Cc1ccccc1.CP(=O)(O)ON. The molecule has 3 N–H and O–H groups in total. The Hall–Kier alpha value is -0.930. The number of benzene rings is 1. The van der Waals surface area contributed by atoms with Gasteiger partial charge in [0.25, 0.3) is 0 Å². The highest BCUT2D eigenvalue weighted by Gasteiger charge is 2.04. The Morgan fingerprint density at radius 3 is 2.14 bits per heavy atom. The van der Waals surface area contributed by atoms with Crippen LogP contribution in [0.3, 0.4) is 0 Å². The third-order valence-electron chi connectivity index (χ3n) is 1.23. The number of nitrogens with two attached hydrogens (primary N) is 1. The van der Waals surface area contributed by atoms with E-state index in [-0.39, 0.29) is 0 Å². The molecule has 0 bridgehead atoms. The van der Waals surface area contributed by atoms with Crippen molar-refractivity contribution >= 4 is 13.7 Å². The van der Waals surface area contributed by atoms with E-state index in [4.69, 9.17) is 4.89 Å². The van der Waals surface area contributed by atoms with Crippen LogP contribution in [0.15, 0.2) is 36.9 Å². The van der Waals surface area contributed by atoms with Gasteiger partial charge >= 0.3 is 7.60 Å². The Labute approximate surface area is 83.5 Å². The molecule has 0 heterocycles. The first-order chi connectivity index (χ1) is 6.49. The molecule has 0 saturated heterocycles. The predicted molar refractivity (Wildman–Crippen MR) is 57.6 cm³/mol. The van der Waals surface area contributed by atoms with E-state index in [9.17, 15) is 4.57 Å². The van der Waals surface area contributed by atoms with Gasteiger partial charge in [0.05, 0.1) is 0 Å². The number of rotatable bonds is 2. The van der Waals surface area contributed by atoms with Gasteiger partial charge in [-0.15, -0.1) is 0 Å². The van der Waals surface area contributed by atoms with Gasteiger partial charge < -0.3 is 4.89 Å². The fourth-order valence-corrected chi connectivity index (χ4v) is 0.589. The molecule has 0 aliphatic heterocycles. The Bertz CT molecular complexity index is 307. The van der Waals surface area contributed by atoms with Crippen LogP contribution in [0.2, 0.25) is 0 Å². The maximum absolute atomic E-state index is 9.79. The van der Waals surface area contributed by atoms with Crippen molar-refractivity contribution in [1.29, 1.82) is 0 Å². The van der Waals surface area contributed by atoms with Crippen LogP contribution in [-0.2, 0) is 9.19 Å². The van der Waals surface area contributed by atoms with E-state index >= 15 is 0 Å². The molecule has 14 heavy (non-hydrogen) atoms. The lowest BCUT2D eigenvalue weighted by Crippen LogP contribution is -1.93. The summed E-state index contributed by atoms with van der Waals surface area (Å²) in [6, 6.07) is 10.0. The second-order valence-corrected chi connectivity index (χ2v) is 4.34. The molecule has 0 spiro atoms. The third kappa shape index (κ3) is 7.71. The summed E-state index contributed by atoms with van der Waals surface area (Å²) < 4.78 is 13.3. The minimum atomic E-state index is -3.37. The molecule has 1 unspecified atom stereocenters. The third-order valence-corrected chi connectivity index (χ3v) is 1.62. The van der Waals surface area contributed by atoms with Gasteiger partial charge in [-0.2, -0.15) is 0 Å². The minimum absolute atomic E-state index is 1.01. The first kappa shape index (κ1) is 13.1. The van der Waals surface area contributed by atoms with Gasteiger partial charge in [-0.1, -0.05) is 43.0 Å². The van der Waals surface area contributed by atoms with Crippen molar-refractivity contribution in [2.75, 3.05) is 6.66 Å². The molecular weight excluding hydrogens is 201 g/mol. The molecule has 78 valence electrons. The average molecular weight is 215 g/mol. The highest BCUT2D eigenvalue weighted by Crippen LogP contribution is 2.32. The molecule has 0 aliphatic carbocycles. The lowest BCUT2D eigenvalue weighted by atomic mass is 10.2. The fourth-order valence-electron chi connectivity index (χ4n) is 0.589. The molecule has 0 amide bonds. The van der Waals surface area contributed by atoms with E-state index in [1.54, 1.807) is 0 Å². The largest absolute Gasteiger partial charge is 0.341 e. The van der Waals surface area contributed by atoms with Gasteiger partial charge in [-0.25, -0.2) is 10.5 Å². The maximum atomic E-state index is 9.79. The summed E-state index contributed by atoms with van der Waals surface area (Å²) in [5.74, 6) is 4.29. The zero-order valence-corrected chi connectivity index (χ0v) is 8.85. The van der Waals surface area contributed by atoms with E-state index in [2.05, 4.69) is 17.1 Å². The summed E-state index contributed by atoms with van der Waals surface area (Å²) in [5.41, 5.74) is 1.17. The maximum Gasteiger partial charge on any atom is 0.341 e. The van der Waals surface area contributed by atoms with Gasteiger partial charge in [-0.05, 0) is 5.56 Å². The molecule has 4 nitrogen and oxygen atoms in total. The number of hydrogen-bond donors (Lipinski definition) is 2. The molecule has 1 atom stereocenters. The lowest BCUT2D eigenvalue weighted by molar-refractivity contribution is 0.273. The van der Waals surface area contributed by atoms with Gasteiger partial charge in [0.2, 0.25) is 0 Å². The van der Waals surface area contributed by atoms with Crippen LogP contribution < -0.4 is 5.90 Å². The molecule has 1 aromatic carbocycles. The van der Waals surface area contributed by atoms with Crippen molar-refractivity contribution in [2.45, 2.75) is 0 Å². The van der Waals surface area contributed by atoms with Crippen LogP contribution >= 0.6 is 7.60 Å². The van der Waals surface area contributed by atoms with Crippen LogP contribution in [0.1, 0.15) is 5.56 Å². The molecule has 0 saturated carbocycles. The standard InChI is InChI=1S/C8H8.CH6NO3P/c1-2-8-6-4-3-5-7-8;1-6(3,4)5-2/h2-7H,1H2;2H2,1H3,(H,3,4). The molecule has 5 heteroatoms. The van der Waals surface area contributed by atoms with Crippen LogP contribution in [0.4, 0.5) is 0 Å². The van der Waals surface area contributed by atoms with E-state index < -0.39 is 7.60 Å². The molecule has 1 rings (SSSR count). The first-order valence-corrected chi connectivity index (χ1v) is 5.88. The van der Waals surface area contributed by atoms with Crippen molar-refractivity contribution in [3.05, 3.63) is 42.5 Å². The van der Waals surface area contributed by atoms with Crippen LogP contribution in [-0.4, -0.2) is 11.6 Å². The summed E-state index contributed by atoms with van der Waals surface area (Å²) in [6.07, 6.45) is 1.83. The van der Waals surface area contributed by atoms with Gasteiger partial charge in [0.15, 0.2) is 0 Å². The molecule has 0 radical (unpaired) electrons. The Morgan fingerprint density at radius 2 is 1.93 bits per heavy atom. The second kappa shape index (κ2) is 6.51. The quantitative estimate of drug-likeness (QED) is 0.584. The lowest BCUT2D eigenvalue weighted by Gasteiger charge is -1.94. The minimum Gasteiger partial charge on any atom is -0.324 e. The smallest absolute Gasteiger partial charge is 0.324 e. The Balaban J connectivity index is 0.000000255. The highest BCUT2D eigenvalue weighted by atomic mass is 31.2. The Kier molecular flexibility index (Phi) is 6.08. The zero-order valence-electron chi connectivity index (χ0n) is 7.96. The van der Waals surface area contributed by atoms with Crippen molar-refractivity contribution in [1.82, 2.24) is 0 Å². The van der Waals surface area contributed by atoms with Gasteiger partial charge in [0.1, 0.15) is 0 Å². The predicted octanol–water partition coefficient (Wildman–Crippen LogP) is 2.02. The van der Waals surface area contributed by atoms with Gasteiger partial charge in [0, 0.05) is 6.66 Å². The van der Waals surface area contributed by atoms with E-state index in [1.807, 2.05) is 36.4 Å². The van der Waals surface area contributed by atoms with Crippen LogP contribution in [0, 0.1) is 0 Å². The highest BCUT2D eigenvalue weighted by molar-refractivity contribution is 7.51. The molecular formula is C9H14NO3P. The van der Waals surface area contributed by atoms with Crippen LogP contribution in [0.25, 0.3) is 6.08 Å². The monoisotopic (exact) mass is 215 g/mol. The Morgan fingerprint density at radius 1 is 1.50 bits per heavy atom. The normalized spacial score (nSPS) is 13.4. The fraction of sp³-hybridized carbons (Fsp3) is 0.111. The molecule has 0 aliphatic rings. The first-order valence-electron chi connectivity index (χ1n) is 3.86. The van der Waals surface area contributed by atoms with Gasteiger partial charge in [-0.3, -0.25) is 4.57 Å². The average Bonchev–Trinajstić information content (AvgIpc) is 2.19. The second-order valence-electron chi connectivity index (χ2n) is 2.52. The van der Waals surface area contributed by atoms with Crippen molar-refractivity contribution in [3.8, 4) is 0 Å². The van der Waals surface area contributed by atoms with Crippen molar-refractivity contribution in [3.63, 3.8) is 0 Å². The molecule has 0 aromatic heterocycles.